The zero-order chi connectivity index (χ0) is 9.84. The summed E-state index contributed by atoms with van der Waals surface area (Å²) in [6.07, 6.45) is 3.94. The molecule has 0 aromatic carbocycles. The molecule has 76 valence electrons. The van der Waals surface area contributed by atoms with E-state index < -0.39 is 12.0 Å². The molecule has 4 nitrogen and oxygen atoms in total. The number of carboxylic acid groups (broad SMARTS) is 1. The molecule has 0 saturated heterocycles. The molecule has 1 aliphatic carbocycles. The summed E-state index contributed by atoms with van der Waals surface area (Å²) >= 11 is 0. The molecule has 4 heteroatoms. The molecular weight excluding hydrogens is 170 g/mol. The van der Waals surface area contributed by atoms with Crippen molar-refractivity contribution in [3.63, 3.8) is 0 Å². The van der Waals surface area contributed by atoms with E-state index in [1.807, 2.05) is 0 Å². The molecule has 3 atom stereocenters. The van der Waals surface area contributed by atoms with Crippen LogP contribution in [0.1, 0.15) is 25.7 Å². The molecule has 0 aromatic rings. The third-order valence-electron chi connectivity index (χ3n) is 2.79. The first-order valence-electron chi connectivity index (χ1n) is 4.66. The maximum Gasteiger partial charge on any atom is 0.320 e. The van der Waals surface area contributed by atoms with E-state index in [1.165, 1.54) is 0 Å². The molecule has 0 aromatic heterocycles. The van der Waals surface area contributed by atoms with Gasteiger partial charge in [-0.15, -0.1) is 0 Å². The summed E-state index contributed by atoms with van der Waals surface area (Å²) in [5, 5.41) is 8.73. The van der Waals surface area contributed by atoms with E-state index in [4.69, 9.17) is 15.6 Å². The zero-order valence-corrected chi connectivity index (χ0v) is 7.90. The first-order valence-corrected chi connectivity index (χ1v) is 4.66. The van der Waals surface area contributed by atoms with Gasteiger partial charge in [0, 0.05) is 7.11 Å². The van der Waals surface area contributed by atoms with Crippen LogP contribution < -0.4 is 5.73 Å². The molecule has 0 bridgehead atoms. The van der Waals surface area contributed by atoms with Crippen LogP contribution >= 0.6 is 0 Å². The highest BCUT2D eigenvalue weighted by molar-refractivity contribution is 5.73. The van der Waals surface area contributed by atoms with Gasteiger partial charge in [0.2, 0.25) is 0 Å². The summed E-state index contributed by atoms with van der Waals surface area (Å²) < 4.78 is 5.20. The van der Waals surface area contributed by atoms with Crippen LogP contribution in [0.25, 0.3) is 0 Å². The Kier molecular flexibility index (Phi) is 3.69. The molecule has 3 N–H and O–H groups in total. The normalized spacial score (nSPS) is 31.2. The van der Waals surface area contributed by atoms with Crippen molar-refractivity contribution >= 4 is 5.97 Å². The fraction of sp³-hybridized carbons (Fsp3) is 0.889. The van der Waals surface area contributed by atoms with Crippen LogP contribution in [0.5, 0.6) is 0 Å². The monoisotopic (exact) mass is 187 g/mol. The topological polar surface area (TPSA) is 72.5 Å². The minimum Gasteiger partial charge on any atom is -0.480 e. The van der Waals surface area contributed by atoms with Gasteiger partial charge in [0.15, 0.2) is 0 Å². The van der Waals surface area contributed by atoms with Crippen molar-refractivity contribution in [1.82, 2.24) is 0 Å². The Labute approximate surface area is 78.1 Å². The number of carboxylic acids is 1. The first-order chi connectivity index (χ1) is 6.15. The zero-order valence-electron chi connectivity index (χ0n) is 7.90. The number of carbonyl (C=O) groups is 1. The SMILES string of the molecule is COC1CCCC(C(N)C(=O)O)C1. The number of hydrogen-bond donors (Lipinski definition) is 2. The van der Waals surface area contributed by atoms with Crippen LogP contribution in [0.4, 0.5) is 0 Å². The Bertz CT molecular complexity index is 184. The largest absolute Gasteiger partial charge is 0.480 e. The van der Waals surface area contributed by atoms with Gasteiger partial charge in [-0.3, -0.25) is 4.79 Å². The maximum atomic E-state index is 10.6. The van der Waals surface area contributed by atoms with Gasteiger partial charge < -0.3 is 15.6 Å². The summed E-state index contributed by atoms with van der Waals surface area (Å²) in [6, 6.07) is -0.724. The predicted molar refractivity (Wildman–Crippen MR) is 48.4 cm³/mol. The average molecular weight is 187 g/mol. The molecular formula is C9H17NO3. The van der Waals surface area contributed by atoms with E-state index in [0.29, 0.717) is 0 Å². The lowest BCUT2D eigenvalue weighted by Gasteiger charge is -2.30. The molecule has 1 saturated carbocycles. The Hall–Kier alpha value is -0.610. The molecule has 0 amide bonds. The highest BCUT2D eigenvalue weighted by Crippen LogP contribution is 2.27. The summed E-state index contributed by atoms with van der Waals surface area (Å²) in [4.78, 5) is 10.6. The minimum absolute atomic E-state index is 0.0798. The van der Waals surface area contributed by atoms with Crippen molar-refractivity contribution in [2.75, 3.05) is 7.11 Å². The standard InChI is InChI=1S/C9H17NO3/c1-13-7-4-2-3-6(5-7)8(10)9(11)12/h6-8H,2-5,10H2,1H3,(H,11,12). The molecule has 1 fully saturated rings. The lowest BCUT2D eigenvalue weighted by atomic mass is 9.82. The number of rotatable bonds is 3. The lowest BCUT2D eigenvalue weighted by molar-refractivity contribution is -0.140. The lowest BCUT2D eigenvalue weighted by Crippen LogP contribution is -2.41. The summed E-state index contributed by atoms with van der Waals surface area (Å²) in [5.41, 5.74) is 5.55. The second-order valence-corrected chi connectivity index (χ2v) is 3.65. The molecule has 0 radical (unpaired) electrons. The molecule has 3 unspecified atom stereocenters. The second-order valence-electron chi connectivity index (χ2n) is 3.65. The Morgan fingerprint density at radius 3 is 2.85 bits per heavy atom. The van der Waals surface area contributed by atoms with Gasteiger partial charge in [0.05, 0.1) is 6.10 Å². The quantitative estimate of drug-likeness (QED) is 0.678. The van der Waals surface area contributed by atoms with E-state index >= 15 is 0 Å². The van der Waals surface area contributed by atoms with E-state index in [2.05, 4.69) is 0 Å². The molecule has 0 spiro atoms. The molecule has 13 heavy (non-hydrogen) atoms. The van der Waals surface area contributed by atoms with Gasteiger partial charge in [-0.25, -0.2) is 0 Å². The maximum absolute atomic E-state index is 10.6. The number of hydrogen-bond acceptors (Lipinski definition) is 3. The Morgan fingerprint density at radius 2 is 2.31 bits per heavy atom. The van der Waals surface area contributed by atoms with Crippen molar-refractivity contribution < 1.29 is 14.6 Å². The third kappa shape index (κ3) is 2.67. The van der Waals surface area contributed by atoms with Gasteiger partial charge >= 0.3 is 5.97 Å². The van der Waals surface area contributed by atoms with Gasteiger partial charge in [-0.05, 0) is 25.2 Å². The number of methoxy groups -OCH3 is 1. The van der Waals surface area contributed by atoms with E-state index in [9.17, 15) is 4.79 Å². The highest BCUT2D eigenvalue weighted by atomic mass is 16.5. The number of ether oxygens (including phenoxy) is 1. The number of aliphatic carboxylic acids is 1. The van der Waals surface area contributed by atoms with Crippen LogP contribution in [-0.4, -0.2) is 30.3 Å². The fourth-order valence-corrected chi connectivity index (χ4v) is 1.92. The van der Waals surface area contributed by atoms with Crippen LogP contribution in [-0.2, 0) is 9.53 Å². The van der Waals surface area contributed by atoms with E-state index in [-0.39, 0.29) is 12.0 Å². The van der Waals surface area contributed by atoms with E-state index in [1.54, 1.807) is 7.11 Å². The summed E-state index contributed by atoms with van der Waals surface area (Å²) in [5.74, 6) is -0.821. The fourth-order valence-electron chi connectivity index (χ4n) is 1.92. The Morgan fingerprint density at radius 1 is 1.62 bits per heavy atom. The van der Waals surface area contributed by atoms with Crippen LogP contribution in [0.2, 0.25) is 0 Å². The first kappa shape index (κ1) is 10.5. The van der Waals surface area contributed by atoms with Crippen LogP contribution in [0, 0.1) is 5.92 Å². The van der Waals surface area contributed by atoms with Crippen molar-refractivity contribution in [3.8, 4) is 0 Å². The third-order valence-corrected chi connectivity index (χ3v) is 2.79. The molecule has 1 aliphatic rings. The van der Waals surface area contributed by atoms with E-state index in [0.717, 1.165) is 25.7 Å². The van der Waals surface area contributed by atoms with Crippen molar-refractivity contribution in [2.24, 2.45) is 11.7 Å². The average Bonchev–Trinajstić information content (AvgIpc) is 2.16. The Balaban J connectivity index is 2.46. The molecule has 0 heterocycles. The summed E-state index contributed by atoms with van der Waals surface area (Å²) in [7, 11) is 1.67. The number of nitrogens with two attached hydrogens (primary N) is 1. The predicted octanol–water partition coefficient (Wildman–Crippen LogP) is 0.603. The molecule has 1 rings (SSSR count). The summed E-state index contributed by atoms with van der Waals surface area (Å²) in [6.45, 7) is 0. The van der Waals surface area contributed by atoms with Crippen molar-refractivity contribution in [3.05, 3.63) is 0 Å². The van der Waals surface area contributed by atoms with Crippen molar-refractivity contribution in [2.45, 2.75) is 37.8 Å². The van der Waals surface area contributed by atoms with Crippen LogP contribution in [0.3, 0.4) is 0 Å². The van der Waals surface area contributed by atoms with Gasteiger partial charge in [0.1, 0.15) is 6.04 Å². The van der Waals surface area contributed by atoms with Gasteiger partial charge in [-0.1, -0.05) is 6.42 Å². The molecule has 0 aliphatic heterocycles. The smallest absolute Gasteiger partial charge is 0.320 e. The minimum atomic E-state index is -0.901. The van der Waals surface area contributed by atoms with Crippen molar-refractivity contribution in [1.29, 1.82) is 0 Å². The van der Waals surface area contributed by atoms with Crippen LogP contribution in [0.15, 0.2) is 0 Å². The van der Waals surface area contributed by atoms with Gasteiger partial charge in [-0.2, -0.15) is 0 Å². The highest BCUT2D eigenvalue weighted by Gasteiger charge is 2.29. The van der Waals surface area contributed by atoms with Gasteiger partial charge in [0.25, 0.3) is 0 Å². The second kappa shape index (κ2) is 4.58.